The molecule has 0 saturated carbocycles. The normalized spacial score (nSPS) is 12.3. The van der Waals surface area contributed by atoms with Crippen LogP contribution >= 0.6 is 0 Å². The van der Waals surface area contributed by atoms with Crippen molar-refractivity contribution < 1.29 is 4.39 Å². The average Bonchev–Trinajstić information content (AvgIpc) is 2.39. The van der Waals surface area contributed by atoms with Crippen LogP contribution in [0.2, 0.25) is 0 Å². The number of likely N-dealkylation sites (N-methyl/N-ethyl adjacent to an activating group) is 1. The standard InChI is InChI=1S/C16H18FN/c1-18-12-15(14-7-3-2-4-8-14)10-13-6-5-9-16(17)11-13/h2-9,11,15,18H,10,12H2,1H3. The predicted octanol–water partition coefficient (Wildman–Crippen LogP) is 3.37. The van der Waals surface area contributed by atoms with Gasteiger partial charge in [0.2, 0.25) is 0 Å². The van der Waals surface area contributed by atoms with Gasteiger partial charge < -0.3 is 5.32 Å². The van der Waals surface area contributed by atoms with E-state index in [1.807, 2.05) is 31.3 Å². The minimum atomic E-state index is -0.163. The van der Waals surface area contributed by atoms with Crippen LogP contribution in [-0.4, -0.2) is 13.6 Å². The van der Waals surface area contributed by atoms with Crippen LogP contribution in [0.4, 0.5) is 4.39 Å². The number of hydrogen-bond acceptors (Lipinski definition) is 1. The summed E-state index contributed by atoms with van der Waals surface area (Å²) in [5.74, 6) is 0.210. The highest BCUT2D eigenvalue weighted by Crippen LogP contribution is 2.20. The number of benzene rings is 2. The molecule has 2 rings (SSSR count). The molecular weight excluding hydrogens is 225 g/mol. The molecule has 1 nitrogen and oxygen atoms in total. The van der Waals surface area contributed by atoms with Crippen molar-refractivity contribution >= 4 is 0 Å². The van der Waals surface area contributed by atoms with E-state index in [-0.39, 0.29) is 5.82 Å². The average molecular weight is 243 g/mol. The van der Waals surface area contributed by atoms with Gasteiger partial charge in [0, 0.05) is 12.5 Å². The van der Waals surface area contributed by atoms with Gasteiger partial charge in [-0.3, -0.25) is 0 Å². The van der Waals surface area contributed by atoms with Crippen LogP contribution in [0.25, 0.3) is 0 Å². The summed E-state index contributed by atoms with van der Waals surface area (Å²) in [5.41, 5.74) is 2.33. The van der Waals surface area contributed by atoms with Crippen LogP contribution in [0.1, 0.15) is 17.0 Å². The Morgan fingerprint density at radius 3 is 2.50 bits per heavy atom. The molecule has 1 atom stereocenters. The first-order chi connectivity index (χ1) is 8.79. The van der Waals surface area contributed by atoms with Gasteiger partial charge in [-0.15, -0.1) is 0 Å². The fourth-order valence-electron chi connectivity index (χ4n) is 2.23. The molecule has 2 aromatic carbocycles. The van der Waals surface area contributed by atoms with Crippen LogP contribution < -0.4 is 5.32 Å². The summed E-state index contributed by atoms with van der Waals surface area (Å²) in [6, 6.07) is 17.2. The molecule has 2 aromatic rings. The largest absolute Gasteiger partial charge is 0.319 e. The van der Waals surface area contributed by atoms with Gasteiger partial charge in [0.25, 0.3) is 0 Å². The SMILES string of the molecule is CNCC(Cc1cccc(F)c1)c1ccccc1. The molecule has 0 fully saturated rings. The molecule has 0 aliphatic heterocycles. The molecule has 0 spiro atoms. The van der Waals surface area contributed by atoms with Gasteiger partial charge >= 0.3 is 0 Å². The first kappa shape index (κ1) is 12.8. The Morgan fingerprint density at radius 1 is 1.06 bits per heavy atom. The Hall–Kier alpha value is -1.67. The molecule has 0 aliphatic carbocycles. The molecule has 0 saturated heterocycles. The Balaban J connectivity index is 2.16. The lowest BCUT2D eigenvalue weighted by molar-refractivity contribution is 0.608. The van der Waals surface area contributed by atoms with E-state index in [4.69, 9.17) is 0 Å². The summed E-state index contributed by atoms with van der Waals surface area (Å²) < 4.78 is 13.2. The molecule has 0 bridgehead atoms. The molecule has 0 heterocycles. The highest BCUT2D eigenvalue weighted by Gasteiger charge is 2.11. The predicted molar refractivity (Wildman–Crippen MR) is 73.2 cm³/mol. The maximum Gasteiger partial charge on any atom is 0.123 e. The molecule has 2 heteroatoms. The van der Waals surface area contributed by atoms with Crippen molar-refractivity contribution in [3.05, 3.63) is 71.5 Å². The highest BCUT2D eigenvalue weighted by atomic mass is 19.1. The molecular formula is C16H18FN. The molecule has 1 N–H and O–H groups in total. The summed E-state index contributed by atoms with van der Waals surface area (Å²) in [6.45, 7) is 0.889. The quantitative estimate of drug-likeness (QED) is 0.849. The van der Waals surface area contributed by atoms with Gasteiger partial charge in [-0.2, -0.15) is 0 Å². The van der Waals surface area contributed by atoms with Crippen LogP contribution in [0.15, 0.2) is 54.6 Å². The van der Waals surface area contributed by atoms with Gasteiger partial charge in [-0.25, -0.2) is 4.39 Å². The van der Waals surface area contributed by atoms with Gasteiger partial charge in [0.05, 0.1) is 0 Å². The smallest absolute Gasteiger partial charge is 0.123 e. The van der Waals surface area contributed by atoms with Crippen LogP contribution in [0.5, 0.6) is 0 Å². The summed E-state index contributed by atoms with van der Waals surface area (Å²) in [5, 5.41) is 3.21. The maximum atomic E-state index is 13.2. The van der Waals surface area contributed by atoms with Gasteiger partial charge in [0.1, 0.15) is 5.82 Å². The van der Waals surface area contributed by atoms with Crippen molar-refractivity contribution in [3.8, 4) is 0 Å². The summed E-state index contributed by atoms with van der Waals surface area (Å²) >= 11 is 0. The molecule has 18 heavy (non-hydrogen) atoms. The van der Waals surface area contributed by atoms with E-state index >= 15 is 0 Å². The van der Waals surface area contributed by atoms with E-state index < -0.39 is 0 Å². The lowest BCUT2D eigenvalue weighted by atomic mass is 9.92. The zero-order valence-electron chi connectivity index (χ0n) is 10.6. The third kappa shape index (κ3) is 3.41. The monoisotopic (exact) mass is 243 g/mol. The zero-order chi connectivity index (χ0) is 12.8. The van der Waals surface area contributed by atoms with E-state index in [0.29, 0.717) is 5.92 Å². The Labute approximate surface area is 108 Å². The van der Waals surface area contributed by atoms with E-state index in [0.717, 1.165) is 18.5 Å². The second kappa shape index (κ2) is 6.31. The zero-order valence-corrected chi connectivity index (χ0v) is 10.6. The van der Waals surface area contributed by atoms with Gasteiger partial charge in [-0.05, 0) is 36.7 Å². The molecule has 0 amide bonds. The molecule has 94 valence electrons. The van der Waals surface area contributed by atoms with Crippen LogP contribution in [-0.2, 0) is 6.42 Å². The number of hydrogen-bond donors (Lipinski definition) is 1. The van der Waals surface area contributed by atoms with Crippen LogP contribution in [0.3, 0.4) is 0 Å². The number of nitrogens with one attached hydrogen (secondary N) is 1. The lowest BCUT2D eigenvalue weighted by Crippen LogP contribution is -2.19. The van der Waals surface area contributed by atoms with Crippen molar-refractivity contribution in [2.45, 2.75) is 12.3 Å². The molecule has 0 radical (unpaired) electrons. The van der Waals surface area contributed by atoms with Crippen molar-refractivity contribution in [3.63, 3.8) is 0 Å². The second-order valence-electron chi connectivity index (χ2n) is 4.50. The summed E-state index contributed by atoms with van der Waals surface area (Å²) in [6.07, 6.45) is 0.850. The summed E-state index contributed by atoms with van der Waals surface area (Å²) in [4.78, 5) is 0. The maximum absolute atomic E-state index is 13.2. The minimum absolute atomic E-state index is 0.163. The van der Waals surface area contributed by atoms with E-state index in [9.17, 15) is 4.39 Å². The fraction of sp³-hybridized carbons (Fsp3) is 0.250. The van der Waals surface area contributed by atoms with Crippen molar-refractivity contribution in [2.75, 3.05) is 13.6 Å². The molecule has 0 aromatic heterocycles. The van der Waals surface area contributed by atoms with Crippen LogP contribution in [0, 0.1) is 5.82 Å². The summed E-state index contributed by atoms with van der Waals surface area (Å²) in [7, 11) is 1.95. The minimum Gasteiger partial charge on any atom is -0.319 e. The molecule has 1 unspecified atom stereocenters. The third-order valence-electron chi connectivity index (χ3n) is 3.09. The van der Waals surface area contributed by atoms with E-state index in [1.54, 1.807) is 12.1 Å². The first-order valence-electron chi connectivity index (χ1n) is 6.23. The third-order valence-corrected chi connectivity index (χ3v) is 3.09. The van der Waals surface area contributed by atoms with Gasteiger partial charge in [-0.1, -0.05) is 42.5 Å². The topological polar surface area (TPSA) is 12.0 Å². The van der Waals surface area contributed by atoms with Crippen molar-refractivity contribution in [1.82, 2.24) is 5.32 Å². The van der Waals surface area contributed by atoms with Gasteiger partial charge in [0.15, 0.2) is 0 Å². The molecule has 0 aliphatic rings. The second-order valence-corrected chi connectivity index (χ2v) is 4.50. The first-order valence-corrected chi connectivity index (χ1v) is 6.23. The Kier molecular flexibility index (Phi) is 4.48. The van der Waals surface area contributed by atoms with Crippen molar-refractivity contribution in [1.29, 1.82) is 0 Å². The highest BCUT2D eigenvalue weighted by molar-refractivity contribution is 5.25. The van der Waals surface area contributed by atoms with E-state index in [2.05, 4.69) is 17.4 Å². The number of rotatable bonds is 5. The van der Waals surface area contributed by atoms with Crippen molar-refractivity contribution in [2.24, 2.45) is 0 Å². The fourth-order valence-corrected chi connectivity index (χ4v) is 2.23. The van der Waals surface area contributed by atoms with E-state index in [1.165, 1.54) is 11.6 Å². The number of halogens is 1. The Morgan fingerprint density at radius 2 is 1.83 bits per heavy atom. The lowest BCUT2D eigenvalue weighted by Gasteiger charge is -2.17. The Bertz CT molecular complexity index is 481.